The maximum absolute atomic E-state index is 5.37. The Balaban J connectivity index is 2.10. The number of furan rings is 1. The summed E-state index contributed by atoms with van der Waals surface area (Å²) in [7, 11) is 0. The first kappa shape index (κ1) is 9.23. The van der Waals surface area contributed by atoms with Crippen molar-refractivity contribution in [3.8, 4) is 11.5 Å². The van der Waals surface area contributed by atoms with Crippen LogP contribution < -0.4 is 11.1 Å². The highest BCUT2D eigenvalue weighted by molar-refractivity contribution is 7.14. The third-order valence-corrected chi connectivity index (χ3v) is 2.50. The monoisotopic (exact) mass is 209 g/mol. The Morgan fingerprint density at radius 2 is 2.50 bits per heavy atom. The van der Waals surface area contributed by atoms with E-state index in [1.807, 2.05) is 17.5 Å². The molecule has 0 aliphatic heterocycles. The molecule has 0 radical (unpaired) electrons. The van der Waals surface area contributed by atoms with Crippen molar-refractivity contribution in [2.24, 2.45) is 5.73 Å². The molecule has 0 aromatic carbocycles. The van der Waals surface area contributed by atoms with Crippen LogP contribution in [0.1, 0.15) is 0 Å². The molecule has 0 saturated carbocycles. The zero-order valence-corrected chi connectivity index (χ0v) is 8.38. The molecule has 2 aromatic rings. The summed E-state index contributed by atoms with van der Waals surface area (Å²) in [6.07, 6.45) is 1.64. The second kappa shape index (κ2) is 4.26. The average molecular weight is 209 g/mol. The predicted octanol–water partition coefficient (Wildman–Crippen LogP) is 1.77. The number of hydrogen-bond acceptors (Lipinski definition) is 5. The molecular weight excluding hydrogens is 198 g/mol. The average Bonchev–Trinajstić information content (AvgIpc) is 2.85. The van der Waals surface area contributed by atoms with E-state index >= 15 is 0 Å². The molecule has 4 nitrogen and oxygen atoms in total. The van der Waals surface area contributed by atoms with Crippen LogP contribution in [0.25, 0.3) is 11.5 Å². The number of nitrogens with one attached hydrogen (secondary N) is 1. The van der Waals surface area contributed by atoms with E-state index in [1.54, 1.807) is 17.6 Å². The van der Waals surface area contributed by atoms with Crippen molar-refractivity contribution in [2.75, 3.05) is 18.4 Å². The number of rotatable bonds is 4. The molecule has 2 heterocycles. The van der Waals surface area contributed by atoms with Gasteiger partial charge in [-0.2, -0.15) is 0 Å². The van der Waals surface area contributed by atoms with Crippen molar-refractivity contribution in [3.63, 3.8) is 0 Å². The predicted molar refractivity (Wildman–Crippen MR) is 57.4 cm³/mol. The van der Waals surface area contributed by atoms with Gasteiger partial charge in [-0.25, -0.2) is 4.98 Å². The van der Waals surface area contributed by atoms with Gasteiger partial charge in [0.1, 0.15) is 5.69 Å². The summed E-state index contributed by atoms with van der Waals surface area (Å²) in [6.45, 7) is 1.35. The van der Waals surface area contributed by atoms with E-state index < -0.39 is 0 Å². The molecule has 5 heteroatoms. The second-order valence-electron chi connectivity index (χ2n) is 2.73. The third-order valence-electron chi connectivity index (χ3n) is 1.70. The third kappa shape index (κ3) is 1.94. The van der Waals surface area contributed by atoms with Gasteiger partial charge < -0.3 is 15.5 Å². The number of anilines is 1. The van der Waals surface area contributed by atoms with Crippen molar-refractivity contribution < 1.29 is 4.42 Å². The minimum absolute atomic E-state index is 0.607. The number of thiazole rings is 1. The van der Waals surface area contributed by atoms with Crippen LogP contribution in [0.15, 0.2) is 28.2 Å². The lowest BCUT2D eigenvalue weighted by Crippen LogP contribution is -2.12. The van der Waals surface area contributed by atoms with Crippen LogP contribution in [0, 0.1) is 0 Å². The highest BCUT2D eigenvalue weighted by Crippen LogP contribution is 2.24. The topological polar surface area (TPSA) is 64.1 Å². The molecule has 14 heavy (non-hydrogen) atoms. The molecule has 3 N–H and O–H groups in total. The Morgan fingerprint density at radius 1 is 1.57 bits per heavy atom. The lowest BCUT2D eigenvalue weighted by atomic mass is 10.4. The summed E-state index contributed by atoms with van der Waals surface area (Å²) in [5.74, 6) is 0.794. The summed E-state index contributed by atoms with van der Waals surface area (Å²) < 4.78 is 5.23. The number of hydrogen-bond donors (Lipinski definition) is 2. The van der Waals surface area contributed by atoms with Crippen LogP contribution in [0.3, 0.4) is 0 Å². The van der Waals surface area contributed by atoms with Crippen molar-refractivity contribution >= 4 is 16.5 Å². The highest BCUT2D eigenvalue weighted by atomic mass is 32.1. The molecular formula is C9H11N3OS. The molecule has 0 amide bonds. The summed E-state index contributed by atoms with van der Waals surface area (Å²) in [5, 5.41) is 5.95. The summed E-state index contributed by atoms with van der Waals surface area (Å²) in [5.41, 5.74) is 6.23. The van der Waals surface area contributed by atoms with Gasteiger partial charge in [0.15, 0.2) is 10.9 Å². The van der Waals surface area contributed by atoms with E-state index in [1.165, 1.54) is 0 Å². The Hall–Kier alpha value is -1.33. The van der Waals surface area contributed by atoms with E-state index in [2.05, 4.69) is 10.3 Å². The Morgan fingerprint density at radius 3 is 3.21 bits per heavy atom. The largest absolute Gasteiger partial charge is 0.463 e. The number of nitrogens with zero attached hydrogens (tertiary/aromatic N) is 1. The molecule has 0 aliphatic rings. The van der Waals surface area contributed by atoms with Crippen molar-refractivity contribution in [1.82, 2.24) is 4.98 Å². The molecule has 74 valence electrons. The maximum atomic E-state index is 5.37. The van der Waals surface area contributed by atoms with Crippen LogP contribution in [0.4, 0.5) is 5.13 Å². The van der Waals surface area contributed by atoms with Gasteiger partial charge in [-0.05, 0) is 12.1 Å². The van der Waals surface area contributed by atoms with Gasteiger partial charge in [-0.3, -0.25) is 0 Å². The van der Waals surface area contributed by atoms with Crippen molar-refractivity contribution in [2.45, 2.75) is 0 Å². The second-order valence-corrected chi connectivity index (χ2v) is 3.59. The molecule has 0 aliphatic carbocycles. The van der Waals surface area contributed by atoms with E-state index in [-0.39, 0.29) is 0 Å². The van der Waals surface area contributed by atoms with Crippen LogP contribution in [-0.2, 0) is 0 Å². The van der Waals surface area contributed by atoms with Gasteiger partial charge in [0.05, 0.1) is 6.26 Å². The molecule has 0 bridgehead atoms. The molecule has 2 aromatic heterocycles. The fourth-order valence-corrected chi connectivity index (χ4v) is 1.80. The summed E-state index contributed by atoms with van der Waals surface area (Å²) in [6, 6.07) is 3.74. The molecule has 0 atom stereocenters. The molecule has 0 spiro atoms. The van der Waals surface area contributed by atoms with Gasteiger partial charge in [-0.1, -0.05) is 0 Å². The number of nitrogens with two attached hydrogens (primary N) is 1. The lowest BCUT2D eigenvalue weighted by molar-refractivity contribution is 0.580. The quantitative estimate of drug-likeness (QED) is 0.805. The normalized spacial score (nSPS) is 10.4. The maximum Gasteiger partial charge on any atom is 0.183 e. The minimum atomic E-state index is 0.607. The SMILES string of the molecule is NCCNc1nc(-c2ccco2)cs1. The van der Waals surface area contributed by atoms with Crippen LogP contribution in [0.5, 0.6) is 0 Å². The molecule has 0 fully saturated rings. The van der Waals surface area contributed by atoms with Crippen molar-refractivity contribution in [1.29, 1.82) is 0 Å². The minimum Gasteiger partial charge on any atom is -0.463 e. The van der Waals surface area contributed by atoms with Gasteiger partial charge in [0.25, 0.3) is 0 Å². The Bertz CT molecular complexity index is 382. The van der Waals surface area contributed by atoms with E-state index in [0.717, 1.165) is 23.1 Å². The molecule has 2 rings (SSSR count). The first-order valence-electron chi connectivity index (χ1n) is 4.33. The Kier molecular flexibility index (Phi) is 2.81. The van der Waals surface area contributed by atoms with Gasteiger partial charge in [0.2, 0.25) is 0 Å². The summed E-state index contributed by atoms with van der Waals surface area (Å²) >= 11 is 1.55. The van der Waals surface area contributed by atoms with Crippen LogP contribution in [-0.4, -0.2) is 18.1 Å². The van der Waals surface area contributed by atoms with Crippen molar-refractivity contribution in [3.05, 3.63) is 23.8 Å². The molecule has 0 unspecified atom stereocenters. The van der Waals surface area contributed by atoms with Gasteiger partial charge in [0, 0.05) is 18.5 Å². The van der Waals surface area contributed by atoms with E-state index in [4.69, 9.17) is 10.2 Å². The van der Waals surface area contributed by atoms with E-state index in [9.17, 15) is 0 Å². The fraction of sp³-hybridized carbons (Fsp3) is 0.222. The van der Waals surface area contributed by atoms with Crippen LogP contribution >= 0.6 is 11.3 Å². The number of aromatic nitrogens is 1. The zero-order valence-electron chi connectivity index (χ0n) is 7.56. The fourth-order valence-electron chi connectivity index (χ4n) is 1.07. The summed E-state index contributed by atoms with van der Waals surface area (Å²) in [4.78, 5) is 4.35. The zero-order chi connectivity index (χ0) is 9.80. The highest BCUT2D eigenvalue weighted by Gasteiger charge is 2.05. The Labute approximate surface area is 85.8 Å². The van der Waals surface area contributed by atoms with Crippen LogP contribution in [0.2, 0.25) is 0 Å². The molecule has 0 saturated heterocycles. The first-order chi connectivity index (χ1) is 6.90. The van der Waals surface area contributed by atoms with Gasteiger partial charge in [-0.15, -0.1) is 11.3 Å². The lowest BCUT2D eigenvalue weighted by Gasteiger charge is -1.96. The standard InChI is InChI=1S/C9H11N3OS/c10-3-4-11-9-12-7(6-14-9)8-2-1-5-13-8/h1-2,5-6H,3-4,10H2,(H,11,12). The van der Waals surface area contributed by atoms with Gasteiger partial charge >= 0.3 is 0 Å². The first-order valence-corrected chi connectivity index (χ1v) is 5.21. The smallest absolute Gasteiger partial charge is 0.183 e. The van der Waals surface area contributed by atoms with E-state index in [0.29, 0.717) is 6.54 Å².